The smallest absolute Gasteiger partial charge is 0.229 e. The van der Waals surface area contributed by atoms with Crippen molar-refractivity contribution in [1.29, 1.82) is 0 Å². The minimum atomic E-state index is -0.266. The molecule has 0 spiro atoms. The van der Waals surface area contributed by atoms with Gasteiger partial charge in [-0.25, -0.2) is 0 Å². The molecule has 1 fully saturated rings. The van der Waals surface area contributed by atoms with Gasteiger partial charge in [0.05, 0.1) is 5.92 Å². The topological polar surface area (TPSA) is 54.3 Å². The van der Waals surface area contributed by atoms with Gasteiger partial charge in [0, 0.05) is 43.8 Å². The number of likely N-dealkylation sites (tertiary alicyclic amines) is 1. The number of nitrogens with zero attached hydrogens (tertiary/aromatic N) is 2. The van der Waals surface area contributed by atoms with Crippen molar-refractivity contribution < 1.29 is 9.59 Å². The molecule has 0 bridgehead atoms. The lowest BCUT2D eigenvalue weighted by Crippen LogP contribution is -2.25. The van der Waals surface area contributed by atoms with E-state index in [2.05, 4.69) is 5.32 Å². The summed E-state index contributed by atoms with van der Waals surface area (Å²) in [6.07, 6.45) is 4.19. The van der Waals surface area contributed by atoms with Gasteiger partial charge in [-0.3, -0.25) is 9.59 Å². The molecule has 1 aliphatic heterocycles. The van der Waals surface area contributed by atoms with E-state index in [4.69, 9.17) is 0 Å². The number of carbonyl (C=O) groups excluding carboxylic acids is 2. The van der Waals surface area contributed by atoms with E-state index in [0.717, 1.165) is 11.4 Å². The van der Waals surface area contributed by atoms with Crippen molar-refractivity contribution in [1.82, 2.24) is 9.47 Å². The van der Waals surface area contributed by atoms with E-state index in [0.29, 0.717) is 13.0 Å². The number of aromatic nitrogens is 1. The van der Waals surface area contributed by atoms with Gasteiger partial charge < -0.3 is 14.8 Å². The van der Waals surface area contributed by atoms with Crippen LogP contribution in [0.5, 0.6) is 0 Å². The molecule has 21 heavy (non-hydrogen) atoms. The second-order valence-electron chi connectivity index (χ2n) is 5.31. The highest BCUT2D eigenvalue weighted by Gasteiger charge is 2.32. The van der Waals surface area contributed by atoms with Crippen molar-refractivity contribution in [3.05, 3.63) is 48.8 Å². The van der Waals surface area contributed by atoms with Crippen molar-refractivity contribution in [2.24, 2.45) is 5.92 Å². The number of nitrogens with one attached hydrogen (secondary N) is 1. The van der Waals surface area contributed by atoms with Crippen LogP contribution in [0.4, 0.5) is 5.69 Å². The minimum Gasteiger partial charge on any atom is -0.345 e. The van der Waals surface area contributed by atoms with E-state index in [-0.39, 0.29) is 17.7 Å². The van der Waals surface area contributed by atoms with Crippen LogP contribution in [0.15, 0.2) is 48.8 Å². The number of hydrogen-bond acceptors (Lipinski definition) is 2. The molecule has 1 atom stereocenters. The van der Waals surface area contributed by atoms with Crippen LogP contribution in [0.25, 0.3) is 5.69 Å². The molecular formula is C16H17N3O2. The highest BCUT2D eigenvalue weighted by atomic mass is 16.2. The third kappa shape index (κ3) is 2.81. The Labute approximate surface area is 123 Å². The van der Waals surface area contributed by atoms with Gasteiger partial charge in [0.15, 0.2) is 0 Å². The van der Waals surface area contributed by atoms with Gasteiger partial charge in [-0.1, -0.05) is 6.07 Å². The van der Waals surface area contributed by atoms with E-state index in [1.54, 1.807) is 11.9 Å². The van der Waals surface area contributed by atoms with Crippen molar-refractivity contribution in [3.8, 4) is 5.69 Å². The van der Waals surface area contributed by atoms with Gasteiger partial charge in [-0.05, 0) is 30.3 Å². The number of hydrogen-bond donors (Lipinski definition) is 1. The first-order chi connectivity index (χ1) is 10.1. The van der Waals surface area contributed by atoms with Crippen molar-refractivity contribution in [2.45, 2.75) is 6.42 Å². The van der Waals surface area contributed by atoms with Crippen LogP contribution >= 0.6 is 0 Å². The van der Waals surface area contributed by atoms with Crippen LogP contribution in [0.1, 0.15) is 6.42 Å². The molecule has 2 heterocycles. The average molecular weight is 283 g/mol. The Morgan fingerprint density at radius 1 is 1.24 bits per heavy atom. The Kier molecular flexibility index (Phi) is 3.48. The molecule has 3 rings (SSSR count). The standard InChI is InChI=1S/C16H17N3O2/c1-18-11-12(9-15(18)20)16(21)17-13-5-4-6-14(10-13)19-7-2-3-8-19/h2-8,10,12H,9,11H2,1H3,(H,17,21). The first-order valence-corrected chi connectivity index (χ1v) is 6.92. The van der Waals surface area contributed by atoms with Gasteiger partial charge in [-0.15, -0.1) is 0 Å². The normalized spacial score (nSPS) is 18.0. The summed E-state index contributed by atoms with van der Waals surface area (Å²) in [7, 11) is 1.72. The zero-order valence-electron chi connectivity index (χ0n) is 11.8. The van der Waals surface area contributed by atoms with E-state index >= 15 is 0 Å². The SMILES string of the molecule is CN1CC(C(=O)Nc2cccc(-n3cccc3)c2)CC1=O. The van der Waals surface area contributed by atoms with E-state index < -0.39 is 0 Å². The second kappa shape index (κ2) is 5.44. The van der Waals surface area contributed by atoms with Crippen molar-refractivity contribution >= 4 is 17.5 Å². The van der Waals surface area contributed by atoms with Crippen LogP contribution in [0, 0.1) is 5.92 Å². The number of carbonyl (C=O) groups is 2. The number of rotatable bonds is 3. The zero-order chi connectivity index (χ0) is 14.8. The first kappa shape index (κ1) is 13.4. The molecule has 1 unspecified atom stereocenters. The first-order valence-electron chi connectivity index (χ1n) is 6.92. The predicted molar refractivity (Wildman–Crippen MR) is 80.1 cm³/mol. The van der Waals surface area contributed by atoms with E-state index in [1.807, 2.05) is 53.4 Å². The van der Waals surface area contributed by atoms with E-state index in [1.165, 1.54) is 0 Å². The van der Waals surface area contributed by atoms with Crippen LogP contribution in [0.3, 0.4) is 0 Å². The maximum Gasteiger partial charge on any atom is 0.229 e. The quantitative estimate of drug-likeness (QED) is 0.935. The summed E-state index contributed by atoms with van der Waals surface area (Å²) in [6, 6.07) is 11.5. The number of amides is 2. The third-order valence-electron chi connectivity index (χ3n) is 3.73. The molecule has 1 aromatic heterocycles. The summed E-state index contributed by atoms with van der Waals surface area (Å²) in [5.74, 6) is -0.341. The molecule has 1 aliphatic rings. The van der Waals surface area contributed by atoms with Gasteiger partial charge in [0.2, 0.25) is 11.8 Å². The molecule has 0 saturated carbocycles. The van der Waals surface area contributed by atoms with Crippen LogP contribution in [0.2, 0.25) is 0 Å². The monoisotopic (exact) mass is 283 g/mol. The highest BCUT2D eigenvalue weighted by Crippen LogP contribution is 2.20. The summed E-state index contributed by atoms with van der Waals surface area (Å²) in [4.78, 5) is 25.3. The van der Waals surface area contributed by atoms with Crippen molar-refractivity contribution in [3.63, 3.8) is 0 Å². The zero-order valence-corrected chi connectivity index (χ0v) is 11.8. The fraction of sp³-hybridized carbons (Fsp3) is 0.250. The Morgan fingerprint density at radius 3 is 2.67 bits per heavy atom. The predicted octanol–water partition coefficient (Wildman–Crippen LogP) is 1.89. The van der Waals surface area contributed by atoms with Gasteiger partial charge in [0.1, 0.15) is 0 Å². The lowest BCUT2D eigenvalue weighted by atomic mass is 10.1. The average Bonchev–Trinajstić information content (AvgIpc) is 3.10. The number of anilines is 1. The molecule has 108 valence electrons. The molecule has 5 heteroatoms. The molecule has 1 saturated heterocycles. The van der Waals surface area contributed by atoms with Crippen LogP contribution in [-0.2, 0) is 9.59 Å². The minimum absolute atomic E-state index is 0.0243. The molecule has 2 aromatic rings. The number of benzene rings is 1. The molecule has 5 nitrogen and oxygen atoms in total. The molecule has 1 aromatic carbocycles. The fourth-order valence-corrected chi connectivity index (χ4v) is 2.53. The lowest BCUT2D eigenvalue weighted by molar-refractivity contribution is -0.127. The molecule has 0 aliphatic carbocycles. The second-order valence-corrected chi connectivity index (χ2v) is 5.31. The summed E-state index contributed by atoms with van der Waals surface area (Å²) in [5, 5.41) is 2.90. The van der Waals surface area contributed by atoms with Crippen molar-refractivity contribution in [2.75, 3.05) is 18.9 Å². The Morgan fingerprint density at radius 2 is 2.00 bits per heavy atom. The summed E-state index contributed by atoms with van der Waals surface area (Å²) < 4.78 is 1.97. The van der Waals surface area contributed by atoms with Gasteiger partial charge >= 0.3 is 0 Å². The molecular weight excluding hydrogens is 266 g/mol. The maximum absolute atomic E-state index is 12.2. The third-order valence-corrected chi connectivity index (χ3v) is 3.73. The fourth-order valence-electron chi connectivity index (χ4n) is 2.53. The van der Waals surface area contributed by atoms with Crippen LogP contribution in [-0.4, -0.2) is 34.9 Å². The van der Waals surface area contributed by atoms with E-state index in [9.17, 15) is 9.59 Å². The Balaban J connectivity index is 1.72. The van der Waals surface area contributed by atoms with Gasteiger partial charge in [-0.2, -0.15) is 0 Å². The summed E-state index contributed by atoms with van der Waals surface area (Å²) >= 11 is 0. The Hall–Kier alpha value is -2.56. The van der Waals surface area contributed by atoms with Crippen LogP contribution < -0.4 is 5.32 Å². The van der Waals surface area contributed by atoms with Gasteiger partial charge in [0.25, 0.3) is 0 Å². The largest absolute Gasteiger partial charge is 0.345 e. The molecule has 2 amide bonds. The highest BCUT2D eigenvalue weighted by molar-refractivity contribution is 5.97. The Bertz CT molecular complexity index is 664. The molecule has 1 N–H and O–H groups in total. The summed E-state index contributed by atoms with van der Waals surface area (Å²) in [6.45, 7) is 0.488. The maximum atomic E-state index is 12.2. The summed E-state index contributed by atoms with van der Waals surface area (Å²) in [5.41, 5.74) is 1.73. The molecule has 0 radical (unpaired) electrons. The lowest BCUT2D eigenvalue weighted by Gasteiger charge is -2.12.